The van der Waals surface area contributed by atoms with Crippen molar-refractivity contribution in [3.8, 4) is 11.5 Å². The molecule has 6 rings (SSSR count). The molecule has 2 aliphatic rings. The van der Waals surface area contributed by atoms with Crippen LogP contribution >= 0.6 is 23.1 Å². The average molecular weight is 606 g/mol. The zero-order valence-corrected chi connectivity index (χ0v) is 24.0. The van der Waals surface area contributed by atoms with Crippen LogP contribution in [0.25, 0.3) is 0 Å². The zero-order chi connectivity index (χ0) is 29.5. The van der Waals surface area contributed by atoms with Crippen LogP contribution in [0.2, 0.25) is 0 Å². The summed E-state index contributed by atoms with van der Waals surface area (Å²) in [6.45, 7) is -0.313. The van der Waals surface area contributed by atoms with Gasteiger partial charge in [0.1, 0.15) is 29.1 Å². The van der Waals surface area contributed by atoms with Crippen LogP contribution in [0.5, 0.6) is 11.5 Å². The molecule has 3 amide bonds. The normalized spacial score (nSPS) is 19.3. The summed E-state index contributed by atoms with van der Waals surface area (Å²) in [7, 11) is 3.08. The smallest absolute Gasteiger partial charge is 0.308 e. The largest absolute Gasteiger partial charge is 0.497 e. The number of ether oxygens (including phenoxy) is 2. The number of fused-ring (bicyclic) bond motifs is 2. The fraction of sp³-hybridized carbons (Fsp3) is 0.200. The van der Waals surface area contributed by atoms with E-state index in [0.29, 0.717) is 32.8 Å². The molecule has 0 saturated carbocycles. The minimum Gasteiger partial charge on any atom is -0.497 e. The number of methoxy groups -OCH3 is 2. The quantitative estimate of drug-likeness (QED) is 0.309. The number of thioether (sulfide) groups is 1. The van der Waals surface area contributed by atoms with Crippen LogP contribution < -0.4 is 24.6 Å². The lowest BCUT2D eigenvalue weighted by atomic mass is 9.83. The van der Waals surface area contributed by atoms with E-state index in [1.807, 2.05) is 12.1 Å². The number of carbonyl (C=O) groups is 3. The molecule has 214 valence electrons. The third-order valence-corrected chi connectivity index (χ3v) is 9.89. The van der Waals surface area contributed by atoms with Gasteiger partial charge in [-0.3, -0.25) is 23.7 Å². The number of rotatable bonds is 7. The average Bonchev–Trinajstić information content (AvgIpc) is 3.44. The van der Waals surface area contributed by atoms with Gasteiger partial charge in [0.15, 0.2) is 0 Å². The number of halogens is 1. The molecular formula is C30H24FN3O6S2. The molecule has 1 N–H and O–H groups in total. The van der Waals surface area contributed by atoms with Gasteiger partial charge in [-0.2, -0.15) is 0 Å². The number of nitrogens with zero attached hydrogens (tertiary/aromatic N) is 2. The number of carbonyl (C=O) groups excluding carboxylic acids is 3. The first kappa shape index (κ1) is 27.7. The number of amides is 3. The maximum absolute atomic E-state index is 14.0. The number of imide groups is 1. The van der Waals surface area contributed by atoms with Gasteiger partial charge >= 0.3 is 4.87 Å². The molecule has 42 heavy (non-hydrogen) atoms. The first-order chi connectivity index (χ1) is 20.3. The monoisotopic (exact) mass is 605 g/mol. The Kier molecular flexibility index (Phi) is 7.33. The first-order valence-electron chi connectivity index (χ1n) is 12.9. The fourth-order valence-corrected chi connectivity index (χ4v) is 8.06. The van der Waals surface area contributed by atoms with Crippen molar-refractivity contribution >= 4 is 52.2 Å². The van der Waals surface area contributed by atoms with Gasteiger partial charge in [0.2, 0.25) is 17.7 Å². The molecule has 3 heterocycles. The van der Waals surface area contributed by atoms with Crippen LogP contribution in [-0.2, 0) is 20.9 Å². The second-order valence-electron chi connectivity index (χ2n) is 9.70. The van der Waals surface area contributed by atoms with E-state index in [-0.39, 0.29) is 17.3 Å². The highest BCUT2D eigenvalue weighted by Gasteiger charge is 2.56. The van der Waals surface area contributed by atoms with E-state index in [1.54, 1.807) is 43.5 Å². The van der Waals surface area contributed by atoms with Crippen molar-refractivity contribution in [1.29, 1.82) is 0 Å². The fourth-order valence-electron chi connectivity index (χ4n) is 5.29. The van der Waals surface area contributed by atoms with Crippen LogP contribution in [0, 0.1) is 11.7 Å². The van der Waals surface area contributed by atoms with E-state index in [1.165, 1.54) is 40.8 Å². The van der Waals surface area contributed by atoms with Crippen molar-refractivity contribution in [2.75, 3.05) is 24.4 Å². The molecule has 0 aliphatic carbocycles. The van der Waals surface area contributed by atoms with Gasteiger partial charge in [-0.05, 0) is 66.2 Å². The number of anilines is 2. The predicted octanol–water partition coefficient (Wildman–Crippen LogP) is 4.50. The van der Waals surface area contributed by atoms with Crippen molar-refractivity contribution in [2.45, 2.75) is 22.7 Å². The molecule has 0 radical (unpaired) electrons. The van der Waals surface area contributed by atoms with Crippen LogP contribution in [-0.4, -0.2) is 41.8 Å². The third-order valence-electron chi connectivity index (χ3n) is 7.28. The van der Waals surface area contributed by atoms with Crippen molar-refractivity contribution in [2.24, 2.45) is 5.92 Å². The molecule has 1 saturated heterocycles. The van der Waals surface area contributed by atoms with E-state index < -0.39 is 34.7 Å². The summed E-state index contributed by atoms with van der Waals surface area (Å²) < 4.78 is 25.2. The van der Waals surface area contributed by atoms with E-state index in [2.05, 4.69) is 5.32 Å². The molecule has 0 spiro atoms. The van der Waals surface area contributed by atoms with Crippen molar-refractivity contribution in [3.63, 3.8) is 0 Å². The highest BCUT2D eigenvalue weighted by molar-refractivity contribution is 8.00. The minimum atomic E-state index is -0.820. The second kappa shape index (κ2) is 11.1. The molecule has 3 atom stereocenters. The third kappa shape index (κ3) is 4.86. The Morgan fingerprint density at radius 1 is 0.881 bits per heavy atom. The molecule has 0 bridgehead atoms. The highest BCUT2D eigenvalue weighted by Crippen LogP contribution is 2.54. The van der Waals surface area contributed by atoms with Gasteiger partial charge in [0.25, 0.3) is 0 Å². The van der Waals surface area contributed by atoms with Gasteiger partial charge < -0.3 is 14.8 Å². The Hall–Kier alpha value is -4.42. The van der Waals surface area contributed by atoms with E-state index in [4.69, 9.17) is 9.47 Å². The van der Waals surface area contributed by atoms with Crippen LogP contribution in [0.4, 0.5) is 15.8 Å². The lowest BCUT2D eigenvalue weighted by Crippen LogP contribution is -2.33. The predicted molar refractivity (Wildman–Crippen MR) is 157 cm³/mol. The van der Waals surface area contributed by atoms with Crippen molar-refractivity contribution in [3.05, 3.63) is 98.7 Å². The van der Waals surface area contributed by atoms with E-state index >= 15 is 0 Å². The van der Waals surface area contributed by atoms with Crippen LogP contribution in [0.15, 0.2) is 82.6 Å². The van der Waals surface area contributed by atoms with Crippen LogP contribution in [0.3, 0.4) is 0 Å². The lowest BCUT2D eigenvalue weighted by Gasteiger charge is -2.30. The summed E-state index contributed by atoms with van der Waals surface area (Å²) in [5.41, 5.74) is 1.55. The van der Waals surface area contributed by atoms with Gasteiger partial charge in [-0.25, -0.2) is 9.29 Å². The summed E-state index contributed by atoms with van der Waals surface area (Å²) in [6.07, 6.45) is 0. The number of hydrogen-bond acceptors (Lipinski definition) is 8. The lowest BCUT2D eigenvalue weighted by molar-refractivity contribution is -0.122. The van der Waals surface area contributed by atoms with Gasteiger partial charge in [0.05, 0.1) is 30.9 Å². The molecule has 2 aliphatic heterocycles. The zero-order valence-electron chi connectivity index (χ0n) is 22.4. The van der Waals surface area contributed by atoms with Crippen LogP contribution in [0.1, 0.15) is 16.4 Å². The summed E-state index contributed by atoms with van der Waals surface area (Å²) in [5.74, 6) is -1.85. The number of nitrogens with one attached hydrogen (secondary N) is 1. The summed E-state index contributed by atoms with van der Waals surface area (Å²) in [6, 6.07) is 19.2. The summed E-state index contributed by atoms with van der Waals surface area (Å²) in [4.78, 5) is 55.5. The van der Waals surface area contributed by atoms with E-state index in [9.17, 15) is 23.6 Å². The first-order valence-corrected chi connectivity index (χ1v) is 14.6. The molecule has 3 aromatic carbocycles. The maximum atomic E-state index is 14.0. The van der Waals surface area contributed by atoms with Crippen molar-refractivity contribution in [1.82, 2.24) is 4.57 Å². The van der Waals surface area contributed by atoms with E-state index in [0.717, 1.165) is 28.7 Å². The standard InChI is InChI=1S/C30H24FN3O6S2/c1-39-20-11-3-16(4-12-20)23-24-25(28(37)34(27(24)36)19-9-13-21(40-2)14-10-19)41-29-26(23)42-30(38)33(29)15-22(35)32-18-7-5-17(31)6-8-18/h3-14,23-25H,15H2,1-2H3,(H,32,35)/t23-,24?,25?/m1/s1. The molecule has 2 unspecified atom stereocenters. The Bertz CT molecular complexity index is 1730. The number of thiazole rings is 1. The molecule has 4 aromatic rings. The molecule has 1 fully saturated rings. The number of benzene rings is 3. The Balaban J connectivity index is 1.40. The Labute approximate surface area is 247 Å². The maximum Gasteiger partial charge on any atom is 0.308 e. The summed E-state index contributed by atoms with van der Waals surface area (Å²) in [5, 5.41) is 2.33. The number of aromatic nitrogens is 1. The SMILES string of the molecule is COc1ccc([C@H]2c3sc(=O)n(CC(=O)Nc4ccc(F)cc4)c3SC3C(=O)N(c4ccc(OC)cc4)C(=O)C32)cc1. The van der Waals surface area contributed by atoms with Gasteiger partial charge in [0, 0.05) is 16.5 Å². The Morgan fingerprint density at radius 3 is 2.12 bits per heavy atom. The molecule has 9 nitrogen and oxygen atoms in total. The topological polar surface area (TPSA) is 107 Å². The van der Waals surface area contributed by atoms with Gasteiger partial charge in [-0.1, -0.05) is 35.2 Å². The molecular weight excluding hydrogens is 581 g/mol. The minimum absolute atomic E-state index is 0.313. The summed E-state index contributed by atoms with van der Waals surface area (Å²) >= 11 is 2.09. The molecule has 1 aromatic heterocycles. The van der Waals surface area contributed by atoms with Gasteiger partial charge in [-0.15, -0.1) is 0 Å². The van der Waals surface area contributed by atoms with Crippen molar-refractivity contribution < 1.29 is 28.2 Å². The highest BCUT2D eigenvalue weighted by atomic mass is 32.2. The Morgan fingerprint density at radius 2 is 1.50 bits per heavy atom. The second-order valence-corrected chi connectivity index (χ2v) is 11.8. The number of hydrogen-bond donors (Lipinski definition) is 1. The molecule has 12 heteroatoms.